The summed E-state index contributed by atoms with van der Waals surface area (Å²) in [5.74, 6) is -1.18. The van der Waals surface area contributed by atoms with Gasteiger partial charge in [-0.3, -0.25) is 14.6 Å². The summed E-state index contributed by atoms with van der Waals surface area (Å²) in [6, 6.07) is 1.63. The first-order chi connectivity index (χ1) is 10.4. The highest BCUT2D eigenvalue weighted by Crippen LogP contribution is 2.37. The van der Waals surface area contributed by atoms with Crippen molar-refractivity contribution < 1.29 is 19.1 Å². The van der Waals surface area contributed by atoms with Crippen LogP contribution in [-0.4, -0.2) is 30.3 Å². The zero-order valence-corrected chi connectivity index (χ0v) is 15.8. The minimum atomic E-state index is -1.83. The van der Waals surface area contributed by atoms with Gasteiger partial charge in [0.1, 0.15) is 0 Å². The Labute approximate surface area is 139 Å². The van der Waals surface area contributed by atoms with Crippen LogP contribution in [0.4, 0.5) is 0 Å². The van der Waals surface area contributed by atoms with Crippen LogP contribution in [0.1, 0.15) is 50.0 Å². The van der Waals surface area contributed by atoms with Crippen LogP contribution in [0.5, 0.6) is 0 Å². The molecule has 0 aliphatic heterocycles. The Morgan fingerprint density at radius 1 is 1.35 bits per heavy atom. The van der Waals surface area contributed by atoms with E-state index in [2.05, 4.69) is 38.8 Å². The van der Waals surface area contributed by atoms with E-state index < -0.39 is 20.2 Å². The van der Waals surface area contributed by atoms with Crippen LogP contribution < -0.4 is 5.73 Å². The molecule has 23 heavy (non-hydrogen) atoms. The summed E-state index contributed by atoms with van der Waals surface area (Å²) in [5, 5.41) is 7.86. The first-order valence-electron chi connectivity index (χ1n) is 7.50. The van der Waals surface area contributed by atoms with Crippen LogP contribution in [0, 0.1) is 0 Å². The largest absolute Gasteiger partial charge is 0.481 e. The fourth-order valence-electron chi connectivity index (χ4n) is 1.26. The molecule has 0 aromatic carbocycles. The molecule has 0 bridgehead atoms. The molecule has 0 radical (unpaired) electrons. The van der Waals surface area contributed by atoms with Crippen LogP contribution in [-0.2, 0) is 15.8 Å². The van der Waals surface area contributed by atoms with Gasteiger partial charge in [0.25, 0.3) is 0 Å². The normalized spacial score (nSPS) is 11.4. The smallest absolute Gasteiger partial charge is 0.303 e. The van der Waals surface area contributed by atoms with E-state index in [1.165, 1.54) is 0 Å². The van der Waals surface area contributed by atoms with Crippen molar-refractivity contribution in [3.05, 3.63) is 29.6 Å². The van der Waals surface area contributed by atoms with Gasteiger partial charge in [0.15, 0.2) is 8.32 Å². The molecule has 130 valence electrons. The standard InChI is InChI=1S/C13H22N2O2Si.C3H6O2/c1-13(2,3)18(4,5)17-9-10-8-15-7-6-11(10)12(14)16;1-2-3(4)5/h6-8H,9H2,1-5H3,(H2,14,16);2H2,1H3,(H,4,5). The molecule has 1 amide bonds. The van der Waals surface area contributed by atoms with Gasteiger partial charge in [-0.05, 0) is 24.2 Å². The highest BCUT2D eigenvalue weighted by Gasteiger charge is 2.37. The predicted octanol–water partition coefficient (Wildman–Crippen LogP) is 3.18. The zero-order chi connectivity index (χ0) is 18.3. The molecule has 0 unspecified atom stereocenters. The first-order valence-corrected chi connectivity index (χ1v) is 10.4. The minimum absolute atomic E-state index is 0.141. The van der Waals surface area contributed by atoms with E-state index in [9.17, 15) is 9.59 Å². The Kier molecular flexibility index (Phi) is 8.12. The molecule has 1 aromatic heterocycles. The molecule has 3 N–H and O–H groups in total. The number of hydrogen-bond donors (Lipinski definition) is 2. The van der Waals surface area contributed by atoms with Crippen LogP contribution in [0.25, 0.3) is 0 Å². The molecular formula is C16H28N2O4Si. The van der Waals surface area contributed by atoms with Gasteiger partial charge in [-0.1, -0.05) is 27.7 Å². The van der Waals surface area contributed by atoms with Crippen LogP contribution in [0.2, 0.25) is 18.1 Å². The Hall–Kier alpha value is -1.73. The van der Waals surface area contributed by atoms with Gasteiger partial charge < -0.3 is 15.3 Å². The molecule has 0 aliphatic carbocycles. The summed E-state index contributed by atoms with van der Waals surface area (Å²) >= 11 is 0. The van der Waals surface area contributed by atoms with E-state index in [0.717, 1.165) is 5.56 Å². The second-order valence-corrected chi connectivity index (χ2v) is 11.5. The Balaban J connectivity index is 0.000000841. The third-order valence-electron chi connectivity index (χ3n) is 3.87. The average Bonchev–Trinajstić information content (AvgIpc) is 2.44. The first kappa shape index (κ1) is 21.3. The molecule has 1 aromatic rings. The zero-order valence-electron chi connectivity index (χ0n) is 14.8. The fraction of sp³-hybridized carbons (Fsp3) is 0.562. The predicted molar refractivity (Wildman–Crippen MR) is 92.7 cm³/mol. The second-order valence-electron chi connectivity index (χ2n) is 6.69. The van der Waals surface area contributed by atoms with Crippen molar-refractivity contribution in [1.29, 1.82) is 0 Å². The minimum Gasteiger partial charge on any atom is -0.481 e. The number of carbonyl (C=O) groups is 2. The van der Waals surface area contributed by atoms with Gasteiger partial charge in [-0.15, -0.1) is 0 Å². The number of nitrogens with zero attached hydrogens (tertiary/aromatic N) is 1. The lowest BCUT2D eigenvalue weighted by molar-refractivity contribution is -0.136. The van der Waals surface area contributed by atoms with Gasteiger partial charge in [-0.2, -0.15) is 0 Å². The van der Waals surface area contributed by atoms with Crippen molar-refractivity contribution >= 4 is 20.2 Å². The molecule has 6 nitrogen and oxygen atoms in total. The third kappa shape index (κ3) is 7.38. The van der Waals surface area contributed by atoms with Crippen molar-refractivity contribution in [3.63, 3.8) is 0 Å². The molecule has 0 saturated heterocycles. The van der Waals surface area contributed by atoms with Crippen LogP contribution >= 0.6 is 0 Å². The maximum Gasteiger partial charge on any atom is 0.303 e. The molecule has 0 fully saturated rings. The lowest BCUT2D eigenvalue weighted by atomic mass is 10.1. The molecule has 1 rings (SSSR count). The Bertz CT molecular complexity index is 539. The number of carboxylic acids is 1. The van der Waals surface area contributed by atoms with E-state index in [-0.39, 0.29) is 11.5 Å². The van der Waals surface area contributed by atoms with Crippen molar-refractivity contribution in [1.82, 2.24) is 4.98 Å². The maximum atomic E-state index is 11.3. The summed E-state index contributed by atoms with van der Waals surface area (Å²) in [6.45, 7) is 12.9. The summed E-state index contributed by atoms with van der Waals surface area (Å²) in [4.78, 5) is 24.7. The monoisotopic (exact) mass is 340 g/mol. The molecule has 7 heteroatoms. The fourth-order valence-corrected chi connectivity index (χ4v) is 2.21. The van der Waals surface area contributed by atoms with E-state index >= 15 is 0 Å². The van der Waals surface area contributed by atoms with Crippen molar-refractivity contribution in [2.75, 3.05) is 0 Å². The van der Waals surface area contributed by atoms with Crippen molar-refractivity contribution in [2.45, 2.75) is 58.9 Å². The maximum absolute atomic E-state index is 11.3. The number of hydrogen-bond acceptors (Lipinski definition) is 4. The van der Waals surface area contributed by atoms with Gasteiger partial charge in [0, 0.05) is 29.9 Å². The summed E-state index contributed by atoms with van der Waals surface area (Å²) in [6.07, 6.45) is 3.43. The second kappa shape index (κ2) is 8.78. The van der Waals surface area contributed by atoms with Gasteiger partial charge in [0.05, 0.1) is 6.61 Å². The lowest BCUT2D eigenvalue weighted by Crippen LogP contribution is -2.40. The number of aromatic nitrogens is 1. The van der Waals surface area contributed by atoms with Crippen LogP contribution in [0.3, 0.4) is 0 Å². The summed E-state index contributed by atoms with van der Waals surface area (Å²) in [5.41, 5.74) is 6.58. The van der Waals surface area contributed by atoms with E-state index in [4.69, 9.17) is 15.3 Å². The van der Waals surface area contributed by atoms with Crippen molar-refractivity contribution in [3.8, 4) is 0 Å². The van der Waals surface area contributed by atoms with Crippen LogP contribution in [0.15, 0.2) is 18.5 Å². The summed E-state index contributed by atoms with van der Waals surface area (Å²) in [7, 11) is -1.83. The highest BCUT2D eigenvalue weighted by molar-refractivity contribution is 6.74. The molecule has 1 heterocycles. The number of aliphatic carboxylic acids is 1. The summed E-state index contributed by atoms with van der Waals surface area (Å²) < 4.78 is 6.06. The number of pyridine rings is 1. The number of primary amides is 1. The molecule has 0 atom stereocenters. The number of amides is 1. The number of carboxylic acid groups (broad SMARTS) is 1. The highest BCUT2D eigenvalue weighted by atomic mass is 28.4. The number of nitrogens with two attached hydrogens (primary N) is 1. The van der Waals surface area contributed by atoms with Gasteiger partial charge in [-0.25, -0.2) is 0 Å². The quantitative estimate of drug-likeness (QED) is 0.801. The Morgan fingerprint density at radius 3 is 2.26 bits per heavy atom. The third-order valence-corrected chi connectivity index (χ3v) is 8.34. The van der Waals surface area contributed by atoms with E-state index in [1.54, 1.807) is 25.4 Å². The van der Waals surface area contributed by atoms with Gasteiger partial charge >= 0.3 is 5.97 Å². The molecule has 0 spiro atoms. The SMILES string of the molecule is CC(C)(C)[Si](C)(C)OCc1cnccc1C(N)=O.CCC(=O)O. The molecular weight excluding hydrogens is 312 g/mol. The number of carbonyl (C=O) groups excluding carboxylic acids is 1. The number of rotatable bonds is 5. The van der Waals surface area contributed by atoms with E-state index in [0.29, 0.717) is 12.2 Å². The average molecular weight is 340 g/mol. The lowest BCUT2D eigenvalue weighted by Gasteiger charge is -2.36. The molecule has 0 saturated carbocycles. The Morgan fingerprint density at radius 2 is 1.87 bits per heavy atom. The molecule has 0 aliphatic rings. The van der Waals surface area contributed by atoms with Gasteiger partial charge in [0.2, 0.25) is 5.91 Å². The van der Waals surface area contributed by atoms with Crippen molar-refractivity contribution in [2.24, 2.45) is 5.73 Å². The van der Waals surface area contributed by atoms with E-state index in [1.807, 2.05) is 0 Å². The topological polar surface area (TPSA) is 103 Å².